The van der Waals surface area contributed by atoms with Crippen molar-refractivity contribution in [1.82, 2.24) is 0 Å². The molecule has 3 nitrogen and oxygen atoms in total. The van der Waals surface area contributed by atoms with Gasteiger partial charge in [-0.25, -0.2) is 4.79 Å². The third kappa shape index (κ3) is 6.35. The fourth-order valence-corrected chi connectivity index (χ4v) is 3.86. The summed E-state index contributed by atoms with van der Waals surface area (Å²) in [5, 5.41) is 3.49. The second-order valence-corrected chi connectivity index (χ2v) is 9.44. The van der Waals surface area contributed by atoms with E-state index in [0.29, 0.717) is 5.56 Å². The van der Waals surface area contributed by atoms with Gasteiger partial charge in [0.25, 0.3) is 0 Å². The summed E-state index contributed by atoms with van der Waals surface area (Å²) >= 11 is 0. The second-order valence-electron chi connectivity index (χ2n) is 9.44. The van der Waals surface area contributed by atoms with Crippen molar-refractivity contribution in [2.24, 2.45) is 0 Å². The van der Waals surface area contributed by atoms with E-state index in [1.807, 2.05) is 69.3 Å². The van der Waals surface area contributed by atoms with Crippen molar-refractivity contribution in [3.8, 4) is 11.1 Å². The Morgan fingerprint density at radius 1 is 0.706 bits per heavy atom. The van der Waals surface area contributed by atoms with Crippen LogP contribution in [0.3, 0.4) is 0 Å². The summed E-state index contributed by atoms with van der Waals surface area (Å²) in [6.45, 7) is 5.65. The SMILES string of the molecule is CC(C)(C)OC(=O)c1ccc(CCc2ccccc2)cc1Nc1cccc(-c2ccccc2)c1. The zero-order chi connectivity index (χ0) is 24.0. The van der Waals surface area contributed by atoms with E-state index in [-0.39, 0.29) is 5.97 Å². The minimum absolute atomic E-state index is 0.330. The van der Waals surface area contributed by atoms with Crippen LogP contribution in [-0.2, 0) is 17.6 Å². The number of esters is 1. The lowest BCUT2D eigenvalue weighted by Crippen LogP contribution is -2.24. The van der Waals surface area contributed by atoms with E-state index >= 15 is 0 Å². The quantitative estimate of drug-likeness (QED) is 0.292. The number of carbonyl (C=O) groups is 1. The van der Waals surface area contributed by atoms with Gasteiger partial charge in [-0.1, -0.05) is 78.9 Å². The Balaban J connectivity index is 1.63. The fourth-order valence-electron chi connectivity index (χ4n) is 3.86. The average Bonchev–Trinajstić information content (AvgIpc) is 2.83. The van der Waals surface area contributed by atoms with Gasteiger partial charge in [-0.15, -0.1) is 0 Å². The first-order valence-corrected chi connectivity index (χ1v) is 11.7. The van der Waals surface area contributed by atoms with E-state index in [1.165, 1.54) is 5.56 Å². The molecule has 0 spiro atoms. The lowest BCUT2D eigenvalue weighted by atomic mass is 10.0. The molecule has 0 heterocycles. The maximum Gasteiger partial charge on any atom is 0.340 e. The third-order valence-electron chi connectivity index (χ3n) is 5.50. The van der Waals surface area contributed by atoms with Crippen LogP contribution in [0.2, 0.25) is 0 Å². The Kier molecular flexibility index (Phi) is 7.12. The van der Waals surface area contributed by atoms with E-state index in [0.717, 1.165) is 40.9 Å². The summed E-state index contributed by atoms with van der Waals surface area (Å²) in [5.41, 5.74) is 6.37. The Morgan fingerprint density at radius 3 is 2.06 bits per heavy atom. The van der Waals surface area contributed by atoms with Crippen LogP contribution in [-0.4, -0.2) is 11.6 Å². The van der Waals surface area contributed by atoms with Crippen LogP contribution in [0.15, 0.2) is 103 Å². The molecule has 172 valence electrons. The number of carbonyl (C=O) groups excluding carboxylic acids is 1. The zero-order valence-corrected chi connectivity index (χ0v) is 20.0. The molecule has 1 N–H and O–H groups in total. The predicted octanol–water partition coefficient (Wildman–Crippen LogP) is 7.84. The largest absolute Gasteiger partial charge is 0.456 e. The Labute approximate surface area is 202 Å². The lowest BCUT2D eigenvalue weighted by molar-refractivity contribution is 0.00707. The number of nitrogens with one attached hydrogen (secondary N) is 1. The number of hydrogen-bond acceptors (Lipinski definition) is 3. The smallest absolute Gasteiger partial charge is 0.340 e. The van der Waals surface area contributed by atoms with Gasteiger partial charge < -0.3 is 10.1 Å². The highest BCUT2D eigenvalue weighted by molar-refractivity contribution is 5.97. The average molecular weight is 450 g/mol. The number of benzene rings is 4. The Hall–Kier alpha value is -3.85. The van der Waals surface area contributed by atoms with Crippen LogP contribution in [0.1, 0.15) is 42.3 Å². The first-order chi connectivity index (χ1) is 16.4. The van der Waals surface area contributed by atoms with Crippen LogP contribution in [0.25, 0.3) is 11.1 Å². The molecule has 4 rings (SSSR count). The number of hydrogen-bond donors (Lipinski definition) is 1. The molecule has 0 amide bonds. The van der Waals surface area contributed by atoms with Crippen molar-refractivity contribution in [1.29, 1.82) is 0 Å². The highest BCUT2D eigenvalue weighted by Gasteiger charge is 2.21. The van der Waals surface area contributed by atoms with E-state index in [9.17, 15) is 4.79 Å². The highest BCUT2D eigenvalue weighted by Crippen LogP contribution is 2.28. The van der Waals surface area contributed by atoms with E-state index in [2.05, 4.69) is 59.9 Å². The molecule has 34 heavy (non-hydrogen) atoms. The van der Waals surface area contributed by atoms with Crippen molar-refractivity contribution in [2.75, 3.05) is 5.32 Å². The van der Waals surface area contributed by atoms with Gasteiger partial charge in [-0.3, -0.25) is 0 Å². The molecule has 3 heteroatoms. The summed E-state index contributed by atoms with van der Waals surface area (Å²) in [6.07, 6.45) is 1.83. The van der Waals surface area contributed by atoms with Crippen LogP contribution < -0.4 is 5.32 Å². The van der Waals surface area contributed by atoms with Crippen molar-refractivity contribution in [2.45, 2.75) is 39.2 Å². The highest BCUT2D eigenvalue weighted by atomic mass is 16.6. The molecular weight excluding hydrogens is 418 g/mol. The van der Waals surface area contributed by atoms with Gasteiger partial charge in [0, 0.05) is 5.69 Å². The molecule has 0 fully saturated rings. The molecule has 0 saturated carbocycles. The maximum atomic E-state index is 13.0. The molecule has 4 aromatic rings. The summed E-state index contributed by atoms with van der Waals surface area (Å²) in [5.74, 6) is -0.330. The van der Waals surface area contributed by atoms with Crippen LogP contribution in [0.5, 0.6) is 0 Å². The van der Waals surface area contributed by atoms with Crippen LogP contribution >= 0.6 is 0 Å². The van der Waals surface area contributed by atoms with Gasteiger partial charge in [0.05, 0.1) is 11.3 Å². The second kappa shape index (κ2) is 10.4. The van der Waals surface area contributed by atoms with Gasteiger partial charge in [0.2, 0.25) is 0 Å². The van der Waals surface area contributed by atoms with Crippen molar-refractivity contribution in [3.05, 3.63) is 120 Å². The number of aryl methyl sites for hydroxylation is 2. The standard InChI is InChI=1S/C31H31NO2/c1-31(2,3)34-30(33)28-20-19-24(18-17-23-11-6-4-7-12-23)21-29(28)32-27-16-10-15-26(22-27)25-13-8-5-9-14-25/h4-16,19-22,32H,17-18H2,1-3H3. The summed E-state index contributed by atoms with van der Waals surface area (Å²) in [6, 6.07) is 34.9. The molecule has 0 aliphatic carbocycles. The minimum Gasteiger partial charge on any atom is -0.456 e. The molecule has 4 aromatic carbocycles. The first-order valence-electron chi connectivity index (χ1n) is 11.7. The molecule has 0 aliphatic heterocycles. The predicted molar refractivity (Wildman–Crippen MR) is 141 cm³/mol. The van der Waals surface area contributed by atoms with Crippen molar-refractivity contribution in [3.63, 3.8) is 0 Å². The van der Waals surface area contributed by atoms with Crippen LogP contribution in [0, 0.1) is 0 Å². The Morgan fingerprint density at radius 2 is 1.35 bits per heavy atom. The van der Waals surface area contributed by atoms with Gasteiger partial charge in [0.15, 0.2) is 0 Å². The third-order valence-corrected chi connectivity index (χ3v) is 5.50. The maximum absolute atomic E-state index is 13.0. The number of ether oxygens (including phenoxy) is 1. The summed E-state index contributed by atoms with van der Waals surface area (Å²) < 4.78 is 5.69. The van der Waals surface area contributed by atoms with Crippen molar-refractivity contribution >= 4 is 17.3 Å². The van der Waals surface area contributed by atoms with Gasteiger partial charge in [0.1, 0.15) is 5.60 Å². The zero-order valence-electron chi connectivity index (χ0n) is 20.0. The minimum atomic E-state index is -0.562. The van der Waals surface area contributed by atoms with Gasteiger partial charge in [-0.05, 0) is 80.1 Å². The normalized spacial score (nSPS) is 11.1. The van der Waals surface area contributed by atoms with Gasteiger partial charge in [-0.2, -0.15) is 0 Å². The Bertz CT molecular complexity index is 1240. The molecule has 0 aromatic heterocycles. The fraction of sp³-hybridized carbons (Fsp3) is 0.194. The van der Waals surface area contributed by atoms with Crippen molar-refractivity contribution < 1.29 is 9.53 Å². The van der Waals surface area contributed by atoms with E-state index < -0.39 is 5.60 Å². The van der Waals surface area contributed by atoms with Crippen LogP contribution in [0.4, 0.5) is 11.4 Å². The lowest BCUT2D eigenvalue weighted by Gasteiger charge is -2.21. The molecule has 0 aliphatic rings. The number of anilines is 2. The molecule has 0 bridgehead atoms. The monoisotopic (exact) mass is 449 g/mol. The van der Waals surface area contributed by atoms with E-state index in [1.54, 1.807) is 0 Å². The molecule has 0 saturated heterocycles. The van der Waals surface area contributed by atoms with E-state index in [4.69, 9.17) is 4.74 Å². The summed E-state index contributed by atoms with van der Waals surface area (Å²) in [7, 11) is 0. The molecule has 0 unspecified atom stereocenters. The molecule has 0 radical (unpaired) electrons. The van der Waals surface area contributed by atoms with Gasteiger partial charge >= 0.3 is 5.97 Å². The number of rotatable bonds is 7. The molecular formula is C31H31NO2. The first kappa shape index (κ1) is 23.3. The molecule has 0 atom stereocenters. The summed E-state index contributed by atoms with van der Waals surface area (Å²) in [4.78, 5) is 13.0. The topological polar surface area (TPSA) is 38.3 Å².